The molecule has 0 aliphatic heterocycles. The lowest BCUT2D eigenvalue weighted by atomic mass is 10.2. The van der Waals surface area contributed by atoms with E-state index in [-0.39, 0.29) is 0 Å². The van der Waals surface area contributed by atoms with E-state index in [0.29, 0.717) is 6.61 Å². The summed E-state index contributed by atoms with van der Waals surface area (Å²) in [5.41, 5.74) is 2.29. The maximum absolute atomic E-state index is 5.73. The van der Waals surface area contributed by atoms with Crippen LogP contribution in [0.4, 0.5) is 0 Å². The van der Waals surface area contributed by atoms with Gasteiger partial charge in [-0.15, -0.1) is 0 Å². The zero-order valence-corrected chi connectivity index (χ0v) is 10.6. The summed E-state index contributed by atoms with van der Waals surface area (Å²) in [6.45, 7) is 1.51. The third-order valence-corrected chi connectivity index (χ3v) is 2.63. The monoisotopic (exact) mass is 242 g/mol. The van der Waals surface area contributed by atoms with Gasteiger partial charge in [0.2, 0.25) is 0 Å². The van der Waals surface area contributed by atoms with Crippen molar-refractivity contribution in [2.75, 3.05) is 13.7 Å². The normalized spacial score (nSPS) is 10.3. The summed E-state index contributed by atoms with van der Waals surface area (Å²) in [4.78, 5) is 4.27. The number of aromatic nitrogens is 1. The molecule has 2 rings (SSSR count). The molecule has 1 aromatic heterocycles. The van der Waals surface area contributed by atoms with Crippen molar-refractivity contribution in [2.24, 2.45) is 0 Å². The molecule has 0 saturated heterocycles. The molecule has 18 heavy (non-hydrogen) atoms. The second-order valence-corrected chi connectivity index (χ2v) is 4.10. The minimum atomic E-state index is 0.653. The number of nitrogens with zero attached hydrogens (tertiary/aromatic N) is 1. The van der Waals surface area contributed by atoms with Gasteiger partial charge in [0.25, 0.3) is 0 Å². The van der Waals surface area contributed by atoms with Crippen LogP contribution < -0.4 is 10.1 Å². The molecule has 2 aromatic rings. The van der Waals surface area contributed by atoms with Crippen LogP contribution in [-0.4, -0.2) is 18.6 Å². The van der Waals surface area contributed by atoms with Crippen LogP contribution in [0.2, 0.25) is 0 Å². The Morgan fingerprint density at radius 3 is 2.89 bits per heavy atom. The van der Waals surface area contributed by atoms with E-state index >= 15 is 0 Å². The Labute approximate surface area is 108 Å². The molecule has 0 unspecified atom stereocenters. The van der Waals surface area contributed by atoms with Gasteiger partial charge < -0.3 is 10.1 Å². The van der Waals surface area contributed by atoms with Crippen molar-refractivity contribution in [3.8, 4) is 5.75 Å². The molecule has 0 bridgehead atoms. The molecule has 1 N–H and O–H groups in total. The van der Waals surface area contributed by atoms with Gasteiger partial charge in [0, 0.05) is 24.9 Å². The van der Waals surface area contributed by atoms with Gasteiger partial charge in [-0.1, -0.05) is 18.2 Å². The third-order valence-electron chi connectivity index (χ3n) is 2.63. The topological polar surface area (TPSA) is 34.1 Å². The van der Waals surface area contributed by atoms with E-state index in [9.17, 15) is 0 Å². The first-order chi connectivity index (χ1) is 8.88. The molecule has 0 fully saturated rings. The maximum atomic E-state index is 5.73. The quantitative estimate of drug-likeness (QED) is 0.844. The molecule has 0 aliphatic carbocycles. The fraction of sp³-hybridized carbons (Fsp3) is 0.267. The minimum absolute atomic E-state index is 0.653. The Kier molecular flexibility index (Phi) is 4.73. The van der Waals surface area contributed by atoms with Gasteiger partial charge in [-0.25, -0.2) is 0 Å². The molecule has 0 saturated carbocycles. The van der Waals surface area contributed by atoms with Gasteiger partial charge in [0.1, 0.15) is 5.75 Å². The van der Waals surface area contributed by atoms with Crippen molar-refractivity contribution in [1.82, 2.24) is 10.3 Å². The average Bonchev–Trinajstić information content (AvgIpc) is 2.41. The van der Waals surface area contributed by atoms with Crippen molar-refractivity contribution >= 4 is 0 Å². The number of hydrogen-bond acceptors (Lipinski definition) is 3. The van der Waals surface area contributed by atoms with Crippen molar-refractivity contribution in [2.45, 2.75) is 13.0 Å². The van der Waals surface area contributed by atoms with E-state index in [1.807, 2.05) is 43.6 Å². The van der Waals surface area contributed by atoms with E-state index in [2.05, 4.69) is 22.4 Å². The number of pyridine rings is 1. The molecule has 0 aliphatic rings. The van der Waals surface area contributed by atoms with Gasteiger partial charge in [0.05, 0.1) is 6.61 Å². The predicted octanol–water partition coefficient (Wildman–Crippen LogP) is 2.42. The van der Waals surface area contributed by atoms with Crippen LogP contribution in [0.1, 0.15) is 11.3 Å². The fourth-order valence-electron chi connectivity index (χ4n) is 1.77. The molecular formula is C15H18N2O. The summed E-state index contributed by atoms with van der Waals surface area (Å²) in [5.74, 6) is 0.915. The summed E-state index contributed by atoms with van der Waals surface area (Å²) >= 11 is 0. The van der Waals surface area contributed by atoms with E-state index < -0.39 is 0 Å². The minimum Gasteiger partial charge on any atom is -0.493 e. The van der Waals surface area contributed by atoms with Gasteiger partial charge in [-0.3, -0.25) is 4.98 Å². The number of ether oxygens (including phenoxy) is 1. The third kappa shape index (κ3) is 3.86. The Hall–Kier alpha value is -1.87. The summed E-state index contributed by atoms with van der Waals surface area (Å²) in [7, 11) is 1.94. The smallest absolute Gasteiger partial charge is 0.119 e. The molecule has 0 atom stereocenters. The number of benzene rings is 1. The van der Waals surface area contributed by atoms with Crippen molar-refractivity contribution in [3.63, 3.8) is 0 Å². The zero-order chi connectivity index (χ0) is 12.6. The maximum Gasteiger partial charge on any atom is 0.119 e. The van der Waals surface area contributed by atoms with E-state index in [4.69, 9.17) is 4.74 Å². The first-order valence-corrected chi connectivity index (χ1v) is 6.15. The predicted molar refractivity (Wildman–Crippen MR) is 72.6 cm³/mol. The van der Waals surface area contributed by atoms with Crippen LogP contribution in [0.25, 0.3) is 0 Å². The number of hydrogen-bond donors (Lipinski definition) is 1. The molecular weight excluding hydrogens is 224 g/mol. The Balaban J connectivity index is 1.84. The summed E-state index contributed by atoms with van der Waals surface area (Å²) in [6.07, 6.45) is 2.64. The lowest BCUT2D eigenvalue weighted by Crippen LogP contribution is -2.06. The van der Waals surface area contributed by atoms with Gasteiger partial charge in [-0.05, 0) is 36.9 Å². The van der Waals surface area contributed by atoms with Crippen LogP contribution in [0.15, 0.2) is 48.7 Å². The van der Waals surface area contributed by atoms with Gasteiger partial charge in [-0.2, -0.15) is 0 Å². The fourth-order valence-corrected chi connectivity index (χ4v) is 1.77. The average molecular weight is 242 g/mol. The Morgan fingerprint density at radius 2 is 2.11 bits per heavy atom. The second kappa shape index (κ2) is 6.77. The lowest BCUT2D eigenvalue weighted by molar-refractivity contribution is 0.320. The molecule has 1 aromatic carbocycles. The number of rotatable bonds is 6. The van der Waals surface area contributed by atoms with Crippen molar-refractivity contribution in [1.29, 1.82) is 0 Å². The van der Waals surface area contributed by atoms with Crippen molar-refractivity contribution < 1.29 is 4.74 Å². The molecule has 0 amide bonds. The van der Waals surface area contributed by atoms with Crippen LogP contribution >= 0.6 is 0 Å². The molecule has 3 nitrogen and oxygen atoms in total. The summed E-state index contributed by atoms with van der Waals surface area (Å²) in [5, 5.41) is 3.13. The second-order valence-electron chi connectivity index (χ2n) is 4.10. The van der Waals surface area contributed by atoms with E-state index in [1.165, 1.54) is 5.56 Å². The van der Waals surface area contributed by atoms with Crippen molar-refractivity contribution in [3.05, 3.63) is 59.9 Å². The highest BCUT2D eigenvalue weighted by molar-refractivity contribution is 5.28. The van der Waals surface area contributed by atoms with Crippen LogP contribution in [0.5, 0.6) is 5.75 Å². The van der Waals surface area contributed by atoms with E-state index in [1.54, 1.807) is 0 Å². The SMILES string of the molecule is CNCc1cccc(OCCc2ccccn2)c1. The van der Waals surface area contributed by atoms with Crippen LogP contribution in [0, 0.1) is 0 Å². The molecule has 0 spiro atoms. The van der Waals surface area contributed by atoms with Gasteiger partial charge in [0.15, 0.2) is 0 Å². The molecule has 3 heteroatoms. The molecule has 0 radical (unpaired) electrons. The van der Waals surface area contributed by atoms with Crippen LogP contribution in [0.3, 0.4) is 0 Å². The summed E-state index contributed by atoms with van der Waals surface area (Å²) < 4.78 is 5.73. The highest BCUT2D eigenvalue weighted by Crippen LogP contribution is 2.13. The zero-order valence-electron chi connectivity index (χ0n) is 10.6. The Morgan fingerprint density at radius 1 is 1.17 bits per heavy atom. The first kappa shape index (κ1) is 12.6. The van der Waals surface area contributed by atoms with Crippen LogP contribution in [-0.2, 0) is 13.0 Å². The lowest BCUT2D eigenvalue weighted by Gasteiger charge is -2.07. The van der Waals surface area contributed by atoms with Gasteiger partial charge >= 0.3 is 0 Å². The largest absolute Gasteiger partial charge is 0.493 e. The standard InChI is InChI=1S/C15H18N2O/c1-16-12-13-5-4-7-15(11-13)18-10-8-14-6-2-3-9-17-14/h2-7,9,11,16H,8,10,12H2,1H3. The highest BCUT2D eigenvalue weighted by atomic mass is 16.5. The number of nitrogens with one attached hydrogen (secondary N) is 1. The molecule has 1 heterocycles. The molecule has 94 valence electrons. The van der Waals surface area contributed by atoms with E-state index in [0.717, 1.165) is 24.4 Å². The first-order valence-electron chi connectivity index (χ1n) is 6.15. The summed E-state index contributed by atoms with van der Waals surface area (Å²) in [6, 6.07) is 14.1. The highest BCUT2D eigenvalue weighted by Gasteiger charge is 1.97. The Bertz CT molecular complexity index is 471.